The summed E-state index contributed by atoms with van der Waals surface area (Å²) in [5.74, 6) is 0.183. The van der Waals surface area contributed by atoms with Gasteiger partial charge in [0.2, 0.25) is 5.60 Å². The molecule has 0 saturated heterocycles. The second kappa shape index (κ2) is 11.9. The highest BCUT2D eigenvalue weighted by atomic mass is 32.1. The van der Waals surface area contributed by atoms with Gasteiger partial charge in [-0.15, -0.1) is 22.7 Å². The fourth-order valence-electron chi connectivity index (χ4n) is 4.46. The zero-order valence-corrected chi connectivity index (χ0v) is 21.4. The van der Waals surface area contributed by atoms with Crippen LogP contribution in [0.3, 0.4) is 0 Å². The molecule has 0 bridgehead atoms. The number of benzene rings is 1. The highest BCUT2D eigenvalue weighted by Crippen LogP contribution is 2.38. The molecule has 6 nitrogen and oxygen atoms in total. The first-order valence-corrected chi connectivity index (χ1v) is 13.7. The first-order chi connectivity index (χ1) is 17.0. The zero-order chi connectivity index (χ0) is 24.7. The quantitative estimate of drug-likeness (QED) is 0.218. The molecular formula is C27H31NO5S2. The normalized spacial score (nSPS) is 18.4. The molecule has 3 aromatic rings. The molecule has 8 heteroatoms. The van der Waals surface area contributed by atoms with Gasteiger partial charge in [0.25, 0.3) is 0 Å². The molecule has 1 aliphatic rings. The van der Waals surface area contributed by atoms with E-state index in [2.05, 4.69) is 11.9 Å². The van der Waals surface area contributed by atoms with Crippen molar-refractivity contribution < 1.29 is 24.2 Å². The van der Waals surface area contributed by atoms with Gasteiger partial charge in [-0.3, -0.25) is 4.79 Å². The summed E-state index contributed by atoms with van der Waals surface area (Å²) in [6.45, 7) is 1.53. The van der Waals surface area contributed by atoms with Gasteiger partial charge in [0.15, 0.2) is 0 Å². The van der Waals surface area contributed by atoms with Crippen LogP contribution in [0.15, 0.2) is 59.3 Å². The lowest BCUT2D eigenvalue weighted by atomic mass is 9.91. The highest BCUT2D eigenvalue weighted by molar-refractivity contribution is 7.12. The summed E-state index contributed by atoms with van der Waals surface area (Å²) in [5.41, 5.74) is -1.11. The molecule has 0 amide bonds. The average molecular weight is 514 g/mol. The van der Waals surface area contributed by atoms with E-state index in [4.69, 9.17) is 9.47 Å². The first-order valence-electron chi connectivity index (χ1n) is 11.9. The van der Waals surface area contributed by atoms with Gasteiger partial charge in [-0.2, -0.15) is 0 Å². The maximum atomic E-state index is 13.2. The van der Waals surface area contributed by atoms with Crippen LogP contribution in [0.25, 0.3) is 0 Å². The highest BCUT2D eigenvalue weighted by Gasteiger charge is 2.45. The third kappa shape index (κ3) is 6.19. The van der Waals surface area contributed by atoms with Crippen LogP contribution in [0, 0.1) is 0 Å². The SMILES string of the molecule is CN(CCCOc1ccc(C=O)cc1)[C@H]1CC[C@H](OC(=O)C(O)(c2cccs2)c2cccs2)CC1. The van der Waals surface area contributed by atoms with E-state index in [0.29, 0.717) is 28.0 Å². The third-order valence-electron chi connectivity index (χ3n) is 6.53. The molecule has 1 aliphatic carbocycles. The molecule has 0 radical (unpaired) electrons. The molecule has 4 rings (SSSR count). The van der Waals surface area contributed by atoms with E-state index < -0.39 is 11.6 Å². The van der Waals surface area contributed by atoms with Crippen LogP contribution in [-0.4, -0.2) is 54.6 Å². The third-order valence-corrected chi connectivity index (χ3v) is 8.49. The number of carbonyl (C=O) groups excluding carboxylic acids is 2. The van der Waals surface area contributed by atoms with E-state index >= 15 is 0 Å². The van der Waals surface area contributed by atoms with Gasteiger partial charge in [0, 0.05) is 18.2 Å². The maximum Gasteiger partial charge on any atom is 0.349 e. The van der Waals surface area contributed by atoms with Gasteiger partial charge in [0.1, 0.15) is 18.1 Å². The second-order valence-electron chi connectivity index (χ2n) is 8.87. The molecular weight excluding hydrogens is 482 g/mol. The van der Waals surface area contributed by atoms with E-state index in [0.717, 1.165) is 50.7 Å². The minimum absolute atomic E-state index is 0.184. The summed E-state index contributed by atoms with van der Waals surface area (Å²) in [6, 6.07) is 14.8. The van der Waals surface area contributed by atoms with Gasteiger partial charge in [-0.25, -0.2) is 4.79 Å². The van der Waals surface area contributed by atoms with Crippen LogP contribution >= 0.6 is 22.7 Å². The lowest BCUT2D eigenvalue weighted by Gasteiger charge is -2.35. The Kier molecular flexibility index (Phi) is 8.73. The van der Waals surface area contributed by atoms with E-state index in [1.165, 1.54) is 22.7 Å². The molecule has 186 valence electrons. The summed E-state index contributed by atoms with van der Waals surface area (Å²) in [4.78, 5) is 27.4. The Morgan fingerprint density at radius 2 is 1.69 bits per heavy atom. The van der Waals surface area contributed by atoms with E-state index in [9.17, 15) is 14.7 Å². The fraction of sp³-hybridized carbons (Fsp3) is 0.407. The fourth-order valence-corrected chi connectivity index (χ4v) is 6.18. The van der Waals surface area contributed by atoms with Crippen LogP contribution in [0.4, 0.5) is 0 Å². The molecule has 2 heterocycles. The number of thiophene rings is 2. The molecule has 1 aromatic carbocycles. The number of rotatable bonds is 11. The van der Waals surface area contributed by atoms with Crippen LogP contribution in [-0.2, 0) is 15.1 Å². The predicted octanol–water partition coefficient (Wildman–Crippen LogP) is 5.11. The standard InChI is InChI=1S/C27H31NO5S2/c1-28(15-4-16-32-22-11-7-20(19-29)8-12-22)21-9-13-23(14-10-21)33-26(30)27(31,24-5-2-17-34-24)25-6-3-18-35-25/h2-3,5-8,11-12,17-19,21,23,31H,4,9-10,13-16H2,1H3/t21-,23-. The number of ether oxygens (including phenoxy) is 2. The Labute approximate surface area is 214 Å². The summed E-state index contributed by atoms with van der Waals surface area (Å²) in [6.07, 6.45) is 4.99. The van der Waals surface area contributed by atoms with Gasteiger partial charge >= 0.3 is 5.97 Å². The smallest absolute Gasteiger partial charge is 0.349 e. The van der Waals surface area contributed by atoms with Crippen molar-refractivity contribution in [1.82, 2.24) is 4.90 Å². The van der Waals surface area contributed by atoms with E-state index in [1.807, 2.05) is 35.0 Å². The molecule has 0 atom stereocenters. The van der Waals surface area contributed by atoms with Crippen molar-refractivity contribution >= 4 is 34.9 Å². The maximum absolute atomic E-state index is 13.2. The molecule has 2 aromatic heterocycles. The number of hydrogen-bond donors (Lipinski definition) is 1. The van der Waals surface area contributed by atoms with Crippen molar-refractivity contribution in [3.63, 3.8) is 0 Å². The second-order valence-corrected chi connectivity index (χ2v) is 10.8. The lowest BCUT2D eigenvalue weighted by molar-refractivity contribution is -0.169. The Balaban J connectivity index is 1.22. The molecule has 1 fully saturated rings. The van der Waals surface area contributed by atoms with Crippen molar-refractivity contribution in [2.45, 2.75) is 49.9 Å². The topological polar surface area (TPSA) is 76.1 Å². The van der Waals surface area contributed by atoms with Crippen molar-refractivity contribution in [2.24, 2.45) is 0 Å². The Morgan fingerprint density at radius 1 is 1.06 bits per heavy atom. The Hall–Kier alpha value is -2.52. The number of carbonyl (C=O) groups is 2. The zero-order valence-electron chi connectivity index (χ0n) is 19.8. The number of aldehydes is 1. The van der Waals surface area contributed by atoms with Gasteiger partial charge < -0.3 is 19.5 Å². The van der Waals surface area contributed by atoms with Gasteiger partial charge in [-0.1, -0.05) is 12.1 Å². The largest absolute Gasteiger partial charge is 0.494 e. The van der Waals surface area contributed by atoms with Crippen LogP contribution < -0.4 is 4.74 Å². The number of nitrogens with zero attached hydrogens (tertiary/aromatic N) is 1. The Bertz CT molecular complexity index is 1020. The molecule has 0 unspecified atom stereocenters. The molecule has 0 aliphatic heterocycles. The number of hydrogen-bond acceptors (Lipinski definition) is 8. The molecule has 0 spiro atoms. The molecule has 1 saturated carbocycles. The summed E-state index contributed by atoms with van der Waals surface area (Å²) in [7, 11) is 2.13. The van der Waals surface area contributed by atoms with Gasteiger partial charge in [0.05, 0.1) is 16.4 Å². The summed E-state index contributed by atoms with van der Waals surface area (Å²) in [5, 5.41) is 15.1. The molecule has 35 heavy (non-hydrogen) atoms. The summed E-state index contributed by atoms with van der Waals surface area (Å²) < 4.78 is 11.6. The van der Waals surface area contributed by atoms with Crippen molar-refractivity contribution in [3.05, 3.63) is 74.6 Å². The van der Waals surface area contributed by atoms with Crippen LogP contribution in [0.1, 0.15) is 52.2 Å². The van der Waals surface area contributed by atoms with E-state index in [1.54, 1.807) is 24.3 Å². The minimum Gasteiger partial charge on any atom is -0.494 e. The number of aliphatic hydroxyl groups is 1. The van der Waals surface area contributed by atoms with Crippen molar-refractivity contribution in [3.8, 4) is 5.75 Å². The molecule has 1 N–H and O–H groups in total. The van der Waals surface area contributed by atoms with E-state index in [-0.39, 0.29) is 6.10 Å². The minimum atomic E-state index is -1.75. The first kappa shape index (κ1) is 25.6. The van der Waals surface area contributed by atoms with Gasteiger partial charge in [-0.05, 0) is 86.3 Å². The summed E-state index contributed by atoms with van der Waals surface area (Å²) >= 11 is 2.71. The average Bonchev–Trinajstić information content (AvgIpc) is 3.62. The Morgan fingerprint density at radius 3 is 2.23 bits per heavy atom. The van der Waals surface area contributed by atoms with Crippen LogP contribution in [0.2, 0.25) is 0 Å². The predicted molar refractivity (Wildman–Crippen MR) is 138 cm³/mol. The lowest BCUT2D eigenvalue weighted by Crippen LogP contribution is -2.42. The van der Waals surface area contributed by atoms with Crippen molar-refractivity contribution in [1.29, 1.82) is 0 Å². The van der Waals surface area contributed by atoms with Crippen molar-refractivity contribution in [2.75, 3.05) is 20.2 Å². The van der Waals surface area contributed by atoms with Crippen LogP contribution in [0.5, 0.6) is 5.75 Å². The monoisotopic (exact) mass is 513 g/mol. The number of esters is 1.